The van der Waals surface area contributed by atoms with Crippen molar-refractivity contribution in [1.29, 1.82) is 0 Å². The van der Waals surface area contributed by atoms with Crippen molar-refractivity contribution >= 4 is 17.7 Å². The van der Waals surface area contributed by atoms with Crippen LogP contribution in [0.25, 0.3) is 0 Å². The number of rotatable bonds is 5. The molecule has 2 aromatic rings. The molecule has 0 saturated carbocycles. The highest BCUT2D eigenvalue weighted by Gasteiger charge is 2.14. The molecule has 1 amide bonds. The van der Waals surface area contributed by atoms with E-state index in [9.17, 15) is 9.90 Å². The molecule has 110 valence electrons. The number of amides is 1. The number of benzene rings is 1. The third-order valence-electron chi connectivity index (χ3n) is 3.07. The number of nitrogens with zero attached hydrogens (tertiary/aromatic N) is 2. The first-order valence-electron chi connectivity index (χ1n) is 6.86. The molecule has 0 atom stereocenters. The maximum absolute atomic E-state index is 12.3. The second-order valence-corrected chi connectivity index (χ2v) is 5.60. The van der Waals surface area contributed by atoms with Crippen LogP contribution in [0.3, 0.4) is 0 Å². The quantitative estimate of drug-likeness (QED) is 0.919. The maximum atomic E-state index is 12.3. The summed E-state index contributed by atoms with van der Waals surface area (Å²) in [5.41, 5.74) is 0.461. The Labute approximate surface area is 128 Å². The Morgan fingerprint density at radius 3 is 2.43 bits per heavy atom. The first-order valence-corrected chi connectivity index (χ1v) is 7.68. The van der Waals surface area contributed by atoms with Crippen molar-refractivity contribution < 1.29 is 9.90 Å². The monoisotopic (exact) mass is 302 g/mol. The zero-order chi connectivity index (χ0) is 15.2. The Balaban J connectivity index is 2.17. The largest absolute Gasteiger partial charge is 0.508 e. The minimum atomic E-state index is -0.0480. The van der Waals surface area contributed by atoms with Gasteiger partial charge in [0.05, 0.1) is 0 Å². The van der Waals surface area contributed by atoms with Gasteiger partial charge in [0.1, 0.15) is 11.4 Å². The minimum Gasteiger partial charge on any atom is -0.508 e. The fraction of sp³-hybridized carbons (Fsp3) is 0.250. The van der Waals surface area contributed by atoms with Crippen molar-refractivity contribution in [3.8, 4) is 5.75 Å². The summed E-state index contributed by atoms with van der Waals surface area (Å²) in [4.78, 5) is 20.1. The molecule has 4 nitrogen and oxygen atoms in total. The molecule has 0 saturated heterocycles. The second-order valence-electron chi connectivity index (χ2n) is 4.45. The number of hydrogen-bond donors (Lipinski definition) is 1. The molecule has 1 aromatic carbocycles. The van der Waals surface area contributed by atoms with Crippen LogP contribution in [0.1, 0.15) is 24.3 Å². The molecule has 2 rings (SSSR count). The van der Waals surface area contributed by atoms with E-state index in [1.165, 1.54) is 11.8 Å². The van der Waals surface area contributed by atoms with E-state index in [-0.39, 0.29) is 11.7 Å². The SMILES string of the molecule is CCN(CC)C(=O)c1cc(Sc2ccc(O)cc2)ccn1. The molecule has 0 aliphatic rings. The summed E-state index contributed by atoms with van der Waals surface area (Å²) in [6.07, 6.45) is 1.65. The molecule has 0 spiro atoms. The van der Waals surface area contributed by atoms with Crippen LogP contribution in [0.5, 0.6) is 5.75 Å². The normalized spacial score (nSPS) is 10.4. The number of phenolic OH excluding ortho intramolecular Hbond substituents is 1. The third-order valence-corrected chi connectivity index (χ3v) is 4.07. The molecular weight excluding hydrogens is 284 g/mol. The number of aromatic nitrogens is 1. The lowest BCUT2D eigenvalue weighted by molar-refractivity contribution is 0.0767. The molecule has 0 unspecified atom stereocenters. The lowest BCUT2D eigenvalue weighted by Crippen LogP contribution is -2.31. The van der Waals surface area contributed by atoms with Crippen LogP contribution >= 0.6 is 11.8 Å². The first-order chi connectivity index (χ1) is 10.1. The van der Waals surface area contributed by atoms with Gasteiger partial charge in [0.2, 0.25) is 0 Å². The van der Waals surface area contributed by atoms with Crippen molar-refractivity contribution in [2.24, 2.45) is 0 Å². The van der Waals surface area contributed by atoms with Gasteiger partial charge in [0.25, 0.3) is 5.91 Å². The van der Waals surface area contributed by atoms with Gasteiger partial charge in [-0.3, -0.25) is 9.78 Å². The molecule has 0 aliphatic carbocycles. The summed E-state index contributed by atoms with van der Waals surface area (Å²) in [7, 11) is 0. The molecule has 1 heterocycles. The van der Waals surface area contributed by atoms with Gasteiger partial charge >= 0.3 is 0 Å². The van der Waals surface area contributed by atoms with E-state index >= 15 is 0 Å². The van der Waals surface area contributed by atoms with Gasteiger partial charge in [-0.25, -0.2) is 0 Å². The first kappa shape index (κ1) is 15.4. The lowest BCUT2D eigenvalue weighted by Gasteiger charge is -2.18. The average molecular weight is 302 g/mol. The van der Waals surface area contributed by atoms with Crippen molar-refractivity contribution in [2.45, 2.75) is 23.6 Å². The molecule has 0 radical (unpaired) electrons. The maximum Gasteiger partial charge on any atom is 0.272 e. The van der Waals surface area contributed by atoms with E-state index in [1.54, 1.807) is 29.3 Å². The van der Waals surface area contributed by atoms with Gasteiger partial charge in [-0.05, 0) is 50.2 Å². The Bertz CT molecular complexity index is 610. The number of carbonyl (C=O) groups excluding carboxylic acids is 1. The molecule has 0 aliphatic heterocycles. The lowest BCUT2D eigenvalue weighted by atomic mass is 10.3. The van der Waals surface area contributed by atoms with E-state index in [0.717, 1.165) is 9.79 Å². The standard InChI is InChI=1S/C16H18N2O2S/c1-3-18(4-2)16(20)15-11-14(9-10-17-15)21-13-7-5-12(19)6-8-13/h5-11,19H,3-4H2,1-2H3. The van der Waals surface area contributed by atoms with Crippen LogP contribution in [-0.4, -0.2) is 34.0 Å². The van der Waals surface area contributed by atoms with E-state index in [4.69, 9.17) is 0 Å². The van der Waals surface area contributed by atoms with Gasteiger partial charge in [-0.15, -0.1) is 0 Å². The number of hydrogen-bond acceptors (Lipinski definition) is 4. The van der Waals surface area contributed by atoms with Crippen molar-refractivity contribution in [1.82, 2.24) is 9.88 Å². The Hall–Kier alpha value is -2.01. The molecule has 0 bridgehead atoms. The number of aromatic hydroxyl groups is 1. The summed E-state index contributed by atoms with van der Waals surface area (Å²) in [5.74, 6) is 0.194. The predicted molar refractivity (Wildman–Crippen MR) is 83.7 cm³/mol. The van der Waals surface area contributed by atoms with Gasteiger partial charge in [-0.1, -0.05) is 11.8 Å². The molecule has 0 fully saturated rings. The number of pyridine rings is 1. The fourth-order valence-electron chi connectivity index (χ4n) is 1.91. The number of phenols is 1. The van der Waals surface area contributed by atoms with Crippen molar-refractivity contribution in [3.63, 3.8) is 0 Å². The molecule has 5 heteroatoms. The fourth-order valence-corrected chi connectivity index (χ4v) is 2.76. The molecule has 1 aromatic heterocycles. The summed E-state index contributed by atoms with van der Waals surface area (Å²) in [5, 5.41) is 9.29. The third kappa shape index (κ3) is 3.98. The smallest absolute Gasteiger partial charge is 0.272 e. The molecule has 21 heavy (non-hydrogen) atoms. The average Bonchev–Trinajstić information content (AvgIpc) is 2.51. The summed E-state index contributed by atoms with van der Waals surface area (Å²) in [6, 6.07) is 10.6. The van der Waals surface area contributed by atoms with Crippen LogP contribution in [0.2, 0.25) is 0 Å². The van der Waals surface area contributed by atoms with E-state index in [1.807, 2.05) is 32.0 Å². The van der Waals surface area contributed by atoms with E-state index in [2.05, 4.69) is 4.98 Å². The highest BCUT2D eigenvalue weighted by Crippen LogP contribution is 2.28. The van der Waals surface area contributed by atoms with E-state index in [0.29, 0.717) is 18.8 Å². The van der Waals surface area contributed by atoms with Crippen molar-refractivity contribution in [3.05, 3.63) is 48.3 Å². The predicted octanol–water partition coefficient (Wildman–Crippen LogP) is 3.42. The highest BCUT2D eigenvalue weighted by molar-refractivity contribution is 7.99. The second kappa shape index (κ2) is 7.13. The summed E-state index contributed by atoms with van der Waals surface area (Å²) >= 11 is 1.53. The van der Waals surface area contributed by atoms with Crippen LogP contribution in [0.15, 0.2) is 52.4 Å². The van der Waals surface area contributed by atoms with Gasteiger partial charge in [-0.2, -0.15) is 0 Å². The molecule has 1 N–H and O–H groups in total. The Morgan fingerprint density at radius 2 is 1.81 bits per heavy atom. The minimum absolute atomic E-state index is 0.0480. The van der Waals surface area contributed by atoms with Crippen LogP contribution in [0.4, 0.5) is 0 Å². The van der Waals surface area contributed by atoms with E-state index < -0.39 is 0 Å². The van der Waals surface area contributed by atoms with Crippen LogP contribution in [-0.2, 0) is 0 Å². The van der Waals surface area contributed by atoms with Gasteiger partial charge in [0.15, 0.2) is 0 Å². The Kier molecular flexibility index (Phi) is 5.22. The van der Waals surface area contributed by atoms with Gasteiger partial charge < -0.3 is 10.0 Å². The number of carbonyl (C=O) groups is 1. The zero-order valence-electron chi connectivity index (χ0n) is 12.1. The van der Waals surface area contributed by atoms with Crippen molar-refractivity contribution in [2.75, 3.05) is 13.1 Å². The van der Waals surface area contributed by atoms with Crippen LogP contribution in [0, 0.1) is 0 Å². The summed E-state index contributed by atoms with van der Waals surface area (Å²) in [6.45, 7) is 5.26. The highest BCUT2D eigenvalue weighted by atomic mass is 32.2. The van der Waals surface area contributed by atoms with Gasteiger partial charge in [0, 0.05) is 29.1 Å². The van der Waals surface area contributed by atoms with Crippen LogP contribution < -0.4 is 0 Å². The summed E-state index contributed by atoms with van der Waals surface area (Å²) < 4.78 is 0. The Morgan fingerprint density at radius 1 is 1.14 bits per heavy atom. The zero-order valence-corrected chi connectivity index (χ0v) is 12.9. The molecular formula is C16H18N2O2S. The topological polar surface area (TPSA) is 53.4 Å².